The highest BCUT2D eigenvalue weighted by molar-refractivity contribution is 8.19. The molecule has 0 radical (unpaired) electrons. The van der Waals surface area contributed by atoms with Crippen LogP contribution in [0.2, 0.25) is 0 Å². The Balaban J connectivity index is 1.82. The minimum Gasteiger partial charge on any atom is -0.462 e. The van der Waals surface area contributed by atoms with Gasteiger partial charge >= 0.3 is 6.18 Å². The van der Waals surface area contributed by atoms with Gasteiger partial charge in [0.05, 0.1) is 15.4 Å². The number of amides is 1. The van der Waals surface area contributed by atoms with E-state index in [1.165, 1.54) is 6.08 Å². The average Bonchev–Trinajstić information content (AvgIpc) is 3.20. The van der Waals surface area contributed by atoms with E-state index in [2.05, 4.69) is 9.71 Å². The molecule has 6 nitrogen and oxygen atoms in total. The van der Waals surface area contributed by atoms with Gasteiger partial charge in [0.15, 0.2) is 5.17 Å². The maximum atomic E-state index is 12.6. The largest absolute Gasteiger partial charge is 0.462 e. The Morgan fingerprint density at radius 3 is 2.43 bits per heavy atom. The first-order chi connectivity index (χ1) is 13.1. The number of alkyl halides is 3. The molecule has 28 heavy (non-hydrogen) atoms. The number of hydrogen-bond acceptors (Lipinski definition) is 5. The maximum Gasteiger partial charge on any atom is 0.416 e. The van der Waals surface area contributed by atoms with Crippen molar-refractivity contribution in [3.05, 3.63) is 58.4 Å². The average molecular weight is 430 g/mol. The fourth-order valence-electron chi connectivity index (χ4n) is 2.24. The summed E-state index contributed by atoms with van der Waals surface area (Å²) in [5.74, 6) is 0.608. The van der Waals surface area contributed by atoms with Crippen LogP contribution in [0.5, 0.6) is 0 Å². The molecule has 0 saturated carbocycles. The highest BCUT2D eigenvalue weighted by Gasteiger charge is 2.31. The number of benzene rings is 1. The standard InChI is InChI=1S/C17H13F3N2O4S2/c1-2-11-5-6-12(26-11)9-14-15(23)21-16(27-14)22-28(24,25)13-7-3-10(4-8-13)17(18,19)20/h3-9H,2H2,1H3,(H,21,22,23)/b14-9-. The predicted molar refractivity (Wildman–Crippen MR) is 97.9 cm³/mol. The van der Waals surface area contributed by atoms with E-state index in [0.29, 0.717) is 24.3 Å². The number of halogens is 3. The molecule has 2 heterocycles. The van der Waals surface area contributed by atoms with Gasteiger partial charge in [-0.3, -0.25) is 10.1 Å². The lowest BCUT2D eigenvalue weighted by Crippen LogP contribution is -2.20. The van der Waals surface area contributed by atoms with Gasteiger partial charge in [-0.2, -0.15) is 21.6 Å². The van der Waals surface area contributed by atoms with Crippen molar-refractivity contribution in [1.29, 1.82) is 0 Å². The lowest BCUT2D eigenvalue weighted by atomic mass is 10.2. The zero-order valence-corrected chi connectivity index (χ0v) is 15.9. The highest BCUT2D eigenvalue weighted by Crippen LogP contribution is 2.31. The maximum absolute atomic E-state index is 12.6. The van der Waals surface area contributed by atoms with Gasteiger partial charge in [-0.25, -0.2) is 0 Å². The first-order valence-corrected chi connectivity index (χ1v) is 10.2. The quantitative estimate of drug-likeness (QED) is 0.746. The number of aryl methyl sites for hydroxylation is 1. The Hall–Kier alpha value is -2.53. The van der Waals surface area contributed by atoms with Gasteiger partial charge in [0.25, 0.3) is 15.9 Å². The number of carbonyl (C=O) groups is 1. The Morgan fingerprint density at radius 2 is 1.86 bits per heavy atom. The molecule has 1 N–H and O–H groups in total. The van der Waals surface area contributed by atoms with Crippen molar-refractivity contribution in [2.24, 2.45) is 4.40 Å². The van der Waals surface area contributed by atoms with Gasteiger partial charge in [0, 0.05) is 12.5 Å². The van der Waals surface area contributed by atoms with Crippen LogP contribution in [0.1, 0.15) is 24.0 Å². The Bertz CT molecular complexity index is 1070. The molecule has 148 valence electrons. The lowest BCUT2D eigenvalue weighted by Gasteiger charge is -2.06. The molecule has 1 saturated heterocycles. The smallest absolute Gasteiger partial charge is 0.416 e. The van der Waals surface area contributed by atoms with E-state index in [-0.39, 0.29) is 10.1 Å². The molecule has 0 unspecified atom stereocenters. The summed E-state index contributed by atoms with van der Waals surface area (Å²) in [6, 6.07) is 6.37. The van der Waals surface area contributed by atoms with E-state index in [1.54, 1.807) is 12.1 Å². The molecule has 1 fully saturated rings. The third-order valence-corrected chi connectivity index (χ3v) is 5.95. The minimum atomic E-state index is -4.58. The third-order valence-electron chi connectivity index (χ3n) is 3.64. The molecule has 1 amide bonds. The summed E-state index contributed by atoms with van der Waals surface area (Å²) in [6.07, 6.45) is -2.44. The Labute approximate surface area is 162 Å². The number of amidine groups is 1. The van der Waals surface area contributed by atoms with Crippen LogP contribution in [0, 0.1) is 0 Å². The molecular formula is C17H13F3N2O4S2. The predicted octanol–water partition coefficient (Wildman–Crippen LogP) is 3.81. The topological polar surface area (TPSA) is 88.7 Å². The molecule has 0 aliphatic carbocycles. The second kappa shape index (κ2) is 7.47. The molecular weight excluding hydrogens is 417 g/mol. The summed E-state index contributed by atoms with van der Waals surface area (Å²) in [4.78, 5) is 11.8. The number of furan rings is 1. The Kier molecular flexibility index (Phi) is 5.39. The third kappa shape index (κ3) is 4.47. The first kappa shape index (κ1) is 20.2. The van der Waals surface area contributed by atoms with Crippen LogP contribution in [0.4, 0.5) is 13.2 Å². The number of carbonyl (C=O) groups excluding carboxylic acids is 1. The van der Waals surface area contributed by atoms with E-state index in [4.69, 9.17) is 4.42 Å². The summed E-state index contributed by atoms with van der Waals surface area (Å²) in [7, 11) is -4.29. The summed E-state index contributed by atoms with van der Waals surface area (Å²) >= 11 is 0.791. The van der Waals surface area contributed by atoms with Crippen LogP contribution in [-0.4, -0.2) is 19.5 Å². The van der Waals surface area contributed by atoms with E-state index < -0.39 is 32.6 Å². The molecule has 2 aromatic rings. The molecule has 11 heteroatoms. The first-order valence-electron chi connectivity index (χ1n) is 7.90. The fraction of sp³-hybridized carbons (Fsp3) is 0.176. The number of nitrogens with one attached hydrogen (secondary N) is 1. The molecule has 1 aromatic carbocycles. The van der Waals surface area contributed by atoms with Crippen LogP contribution < -0.4 is 5.32 Å². The van der Waals surface area contributed by atoms with Crippen molar-refractivity contribution in [3.63, 3.8) is 0 Å². The van der Waals surface area contributed by atoms with Crippen LogP contribution in [0.25, 0.3) is 6.08 Å². The van der Waals surface area contributed by atoms with Crippen LogP contribution >= 0.6 is 11.8 Å². The summed E-state index contributed by atoms with van der Waals surface area (Å²) in [5, 5.41) is 2.12. The Morgan fingerprint density at radius 1 is 1.18 bits per heavy atom. The summed E-state index contributed by atoms with van der Waals surface area (Å²) in [6.45, 7) is 1.91. The monoisotopic (exact) mass is 430 g/mol. The van der Waals surface area contributed by atoms with Crippen molar-refractivity contribution < 1.29 is 30.8 Å². The van der Waals surface area contributed by atoms with Gasteiger partial charge in [-0.1, -0.05) is 6.92 Å². The van der Waals surface area contributed by atoms with Crippen LogP contribution in [-0.2, 0) is 27.4 Å². The summed E-state index contributed by atoms with van der Waals surface area (Å²) in [5.41, 5.74) is -0.974. The normalized spacial score (nSPS) is 18.1. The SMILES string of the molecule is CCc1ccc(/C=C2\S/C(=N\S(=O)(=O)c3ccc(C(F)(F)F)cc3)NC2=O)o1. The molecule has 0 atom stereocenters. The van der Waals surface area contributed by atoms with Gasteiger partial charge in [-0.05, 0) is 48.2 Å². The molecule has 1 aliphatic rings. The van der Waals surface area contributed by atoms with Crippen molar-refractivity contribution in [1.82, 2.24) is 5.32 Å². The van der Waals surface area contributed by atoms with Crippen molar-refractivity contribution in [3.8, 4) is 0 Å². The van der Waals surface area contributed by atoms with Gasteiger partial charge < -0.3 is 4.42 Å². The zero-order valence-electron chi connectivity index (χ0n) is 14.3. The van der Waals surface area contributed by atoms with E-state index in [0.717, 1.165) is 29.7 Å². The zero-order chi connectivity index (χ0) is 20.5. The lowest BCUT2D eigenvalue weighted by molar-refractivity contribution is -0.137. The molecule has 0 bridgehead atoms. The number of rotatable bonds is 4. The molecule has 1 aliphatic heterocycles. The van der Waals surface area contributed by atoms with E-state index >= 15 is 0 Å². The molecule has 1 aromatic heterocycles. The van der Waals surface area contributed by atoms with Gasteiger partial charge in [0.2, 0.25) is 0 Å². The van der Waals surface area contributed by atoms with Crippen LogP contribution in [0.3, 0.4) is 0 Å². The number of hydrogen-bond donors (Lipinski definition) is 1. The second-order valence-corrected chi connectivity index (χ2v) is 8.25. The number of thioether (sulfide) groups is 1. The van der Waals surface area contributed by atoms with Gasteiger partial charge in [-0.15, -0.1) is 4.40 Å². The van der Waals surface area contributed by atoms with Crippen molar-refractivity contribution >= 4 is 38.9 Å². The molecule has 0 spiro atoms. The second-order valence-electron chi connectivity index (χ2n) is 5.62. The van der Waals surface area contributed by atoms with Crippen molar-refractivity contribution in [2.75, 3.05) is 0 Å². The number of sulfonamides is 1. The number of nitrogens with zero attached hydrogens (tertiary/aromatic N) is 1. The molecule has 3 rings (SSSR count). The van der Waals surface area contributed by atoms with Crippen molar-refractivity contribution in [2.45, 2.75) is 24.4 Å². The van der Waals surface area contributed by atoms with E-state index in [1.807, 2.05) is 6.92 Å². The van der Waals surface area contributed by atoms with E-state index in [9.17, 15) is 26.4 Å². The minimum absolute atomic E-state index is 0.179. The van der Waals surface area contributed by atoms with Crippen LogP contribution in [0.15, 0.2) is 55.0 Å². The fourth-order valence-corrected chi connectivity index (χ4v) is 4.20. The summed E-state index contributed by atoms with van der Waals surface area (Å²) < 4.78 is 71.3. The van der Waals surface area contributed by atoms with Gasteiger partial charge in [0.1, 0.15) is 11.5 Å². The highest BCUT2D eigenvalue weighted by atomic mass is 32.2.